The number of carbonyl (C=O) groups excluding carboxylic acids is 2. The molecule has 1 aliphatic heterocycles. The average Bonchev–Trinajstić information content (AvgIpc) is 2.40. The molecule has 1 aliphatic rings. The van der Waals surface area contributed by atoms with Gasteiger partial charge in [0.2, 0.25) is 5.91 Å². The van der Waals surface area contributed by atoms with Gasteiger partial charge < -0.3 is 15.4 Å². The van der Waals surface area contributed by atoms with E-state index in [2.05, 4.69) is 5.32 Å². The van der Waals surface area contributed by atoms with Gasteiger partial charge in [-0.1, -0.05) is 6.92 Å². The lowest BCUT2D eigenvalue weighted by Gasteiger charge is -2.41. The molecule has 114 valence electrons. The second-order valence-corrected chi connectivity index (χ2v) is 5.63. The summed E-state index contributed by atoms with van der Waals surface area (Å²) in [4.78, 5) is 25.4. The number of nitrogens with one attached hydrogen (secondary N) is 1. The first kappa shape index (κ1) is 15.2. The van der Waals surface area contributed by atoms with Crippen LogP contribution in [0.2, 0.25) is 0 Å². The summed E-state index contributed by atoms with van der Waals surface area (Å²) in [6.45, 7) is 6.25. The van der Waals surface area contributed by atoms with Gasteiger partial charge in [0.15, 0.2) is 0 Å². The second-order valence-electron chi connectivity index (χ2n) is 5.63. The van der Waals surface area contributed by atoms with Crippen molar-refractivity contribution < 1.29 is 14.3 Å². The van der Waals surface area contributed by atoms with Gasteiger partial charge in [-0.25, -0.2) is 0 Å². The van der Waals surface area contributed by atoms with Crippen molar-refractivity contribution in [2.75, 3.05) is 23.8 Å². The van der Waals surface area contributed by atoms with Crippen LogP contribution in [-0.2, 0) is 9.59 Å². The van der Waals surface area contributed by atoms with Crippen LogP contribution in [0.3, 0.4) is 0 Å². The lowest BCUT2D eigenvalue weighted by atomic mass is 9.97. The van der Waals surface area contributed by atoms with Crippen LogP contribution in [-0.4, -0.2) is 30.5 Å². The fourth-order valence-electron chi connectivity index (χ4n) is 2.26. The number of anilines is 2. The van der Waals surface area contributed by atoms with Gasteiger partial charge in [-0.3, -0.25) is 14.9 Å². The lowest BCUT2D eigenvalue weighted by Crippen LogP contribution is -2.64. The summed E-state index contributed by atoms with van der Waals surface area (Å²) in [6.07, 6.45) is 0.889. The Hall–Kier alpha value is -2.24. The molecule has 1 aromatic carbocycles. The van der Waals surface area contributed by atoms with E-state index in [1.165, 1.54) is 0 Å². The lowest BCUT2D eigenvalue weighted by molar-refractivity contribution is -0.135. The zero-order valence-electron chi connectivity index (χ0n) is 12.6. The van der Waals surface area contributed by atoms with Crippen molar-refractivity contribution in [3.8, 4) is 5.75 Å². The molecule has 0 saturated carbocycles. The zero-order chi connectivity index (χ0) is 15.6. The van der Waals surface area contributed by atoms with Crippen LogP contribution >= 0.6 is 0 Å². The maximum atomic E-state index is 12.0. The number of imide groups is 1. The third-order valence-electron chi connectivity index (χ3n) is 3.48. The normalized spacial score (nSPS) is 17.6. The minimum absolute atomic E-state index is 0.107. The molecule has 6 nitrogen and oxygen atoms in total. The number of rotatable bonds is 4. The molecule has 21 heavy (non-hydrogen) atoms. The van der Waals surface area contributed by atoms with Gasteiger partial charge >= 0.3 is 0 Å². The summed E-state index contributed by atoms with van der Waals surface area (Å²) in [6, 6.07) is 5.28. The smallest absolute Gasteiger partial charge is 0.251 e. The van der Waals surface area contributed by atoms with E-state index in [1.807, 2.05) is 6.92 Å². The standard InChI is InChI=1S/C15H21N3O3/c1-4-5-21-12-7-10(16)6-11(8-12)18-9-13(19)17-14(20)15(18,2)3/h6-8H,4-5,9,16H2,1-3H3,(H,17,19,20). The van der Waals surface area contributed by atoms with Crippen molar-refractivity contribution >= 4 is 23.2 Å². The summed E-state index contributed by atoms with van der Waals surface area (Å²) in [5, 5.41) is 2.35. The van der Waals surface area contributed by atoms with Crippen LogP contribution in [0.1, 0.15) is 27.2 Å². The van der Waals surface area contributed by atoms with Gasteiger partial charge in [-0.15, -0.1) is 0 Å². The predicted molar refractivity (Wildman–Crippen MR) is 81.2 cm³/mol. The van der Waals surface area contributed by atoms with Crippen LogP contribution < -0.4 is 20.7 Å². The summed E-state index contributed by atoms with van der Waals surface area (Å²) in [7, 11) is 0. The Balaban J connectivity index is 2.37. The SMILES string of the molecule is CCCOc1cc(N)cc(N2CC(=O)NC(=O)C2(C)C)c1. The first-order chi connectivity index (χ1) is 9.84. The maximum Gasteiger partial charge on any atom is 0.251 e. The first-order valence-corrected chi connectivity index (χ1v) is 7.00. The fraction of sp³-hybridized carbons (Fsp3) is 0.467. The van der Waals surface area contributed by atoms with E-state index in [9.17, 15) is 9.59 Å². The molecule has 0 radical (unpaired) electrons. The Bertz CT molecular complexity index is 569. The number of hydrogen-bond donors (Lipinski definition) is 2. The third kappa shape index (κ3) is 3.09. The molecular weight excluding hydrogens is 270 g/mol. The molecule has 0 atom stereocenters. The van der Waals surface area contributed by atoms with Crippen LogP contribution in [0.25, 0.3) is 0 Å². The molecule has 0 spiro atoms. The number of hydrogen-bond acceptors (Lipinski definition) is 5. The maximum absolute atomic E-state index is 12.0. The molecule has 0 aromatic heterocycles. The highest BCUT2D eigenvalue weighted by atomic mass is 16.5. The molecule has 3 N–H and O–H groups in total. The van der Waals surface area contributed by atoms with Gasteiger partial charge in [-0.2, -0.15) is 0 Å². The van der Waals surface area contributed by atoms with Crippen molar-refractivity contribution in [3.63, 3.8) is 0 Å². The number of nitrogen functional groups attached to an aromatic ring is 1. The van der Waals surface area contributed by atoms with E-state index in [1.54, 1.807) is 36.9 Å². The van der Waals surface area contributed by atoms with Crippen LogP contribution in [0.4, 0.5) is 11.4 Å². The molecule has 0 unspecified atom stereocenters. The van der Waals surface area contributed by atoms with Gasteiger partial charge in [0.1, 0.15) is 11.3 Å². The van der Waals surface area contributed by atoms with Crippen molar-refractivity contribution in [1.82, 2.24) is 5.32 Å². The quantitative estimate of drug-likeness (QED) is 0.645. The molecule has 1 saturated heterocycles. The van der Waals surface area contributed by atoms with E-state index in [0.717, 1.165) is 6.42 Å². The molecule has 1 heterocycles. The Morgan fingerprint density at radius 2 is 2.05 bits per heavy atom. The number of benzene rings is 1. The minimum atomic E-state index is -0.830. The second kappa shape index (κ2) is 5.63. The average molecular weight is 291 g/mol. The van der Waals surface area contributed by atoms with Crippen molar-refractivity contribution in [2.45, 2.75) is 32.7 Å². The molecular formula is C15H21N3O3. The highest BCUT2D eigenvalue weighted by Gasteiger charge is 2.41. The fourth-order valence-corrected chi connectivity index (χ4v) is 2.26. The first-order valence-electron chi connectivity index (χ1n) is 7.00. The van der Waals surface area contributed by atoms with Crippen LogP contribution in [0, 0.1) is 0 Å². The minimum Gasteiger partial charge on any atom is -0.493 e. The Labute approximate surface area is 124 Å². The number of nitrogens with zero attached hydrogens (tertiary/aromatic N) is 1. The van der Waals surface area contributed by atoms with Gasteiger partial charge in [0.05, 0.1) is 13.2 Å². The van der Waals surface area contributed by atoms with E-state index >= 15 is 0 Å². The largest absolute Gasteiger partial charge is 0.493 e. The molecule has 2 rings (SSSR count). The molecule has 1 fully saturated rings. The summed E-state index contributed by atoms with van der Waals surface area (Å²) in [5.41, 5.74) is 6.31. The molecule has 0 aliphatic carbocycles. The van der Waals surface area contributed by atoms with Gasteiger partial charge in [0, 0.05) is 23.5 Å². The Kier molecular flexibility index (Phi) is 4.06. The highest BCUT2D eigenvalue weighted by Crippen LogP contribution is 2.31. The van der Waals surface area contributed by atoms with Crippen molar-refractivity contribution in [1.29, 1.82) is 0 Å². The monoisotopic (exact) mass is 291 g/mol. The summed E-state index contributed by atoms with van der Waals surface area (Å²) >= 11 is 0. The number of nitrogens with two attached hydrogens (primary N) is 1. The number of carbonyl (C=O) groups is 2. The third-order valence-corrected chi connectivity index (χ3v) is 3.48. The predicted octanol–water partition coefficient (Wildman–Crippen LogP) is 1.30. The van der Waals surface area contributed by atoms with Crippen molar-refractivity contribution in [2.24, 2.45) is 0 Å². The van der Waals surface area contributed by atoms with E-state index < -0.39 is 5.54 Å². The molecule has 1 aromatic rings. The Morgan fingerprint density at radius 3 is 2.71 bits per heavy atom. The molecule has 2 amide bonds. The number of piperazine rings is 1. The highest BCUT2D eigenvalue weighted by molar-refractivity contribution is 6.06. The van der Waals surface area contributed by atoms with E-state index in [4.69, 9.17) is 10.5 Å². The molecule has 6 heteroatoms. The summed E-state index contributed by atoms with van der Waals surface area (Å²) < 4.78 is 5.60. The van der Waals surface area contributed by atoms with Crippen LogP contribution in [0.15, 0.2) is 18.2 Å². The van der Waals surface area contributed by atoms with Gasteiger partial charge in [-0.05, 0) is 26.3 Å². The van der Waals surface area contributed by atoms with Gasteiger partial charge in [0.25, 0.3) is 5.91 Å². The Morgan fingerprint density at radius 1 is 1.33 bits per heavy atom. The summed E-state index contributed by atoms with van der Waals surface area (Å²) in [5.74, 6) is -0.00365. The number of ether oxygens (including phenoxy) is 1. The van der Waals surface area contributed by atoms with E-state index in [-0.39, 0.29) is 18.4 Å². The topological polar surface area (TPSA) is 84.7 Å². The number of amides is 2. The molecule has 0 bridgehead atoms. The zero-order valence-corrected chi connectivity index (χ0v) is 12.6. The van der Waals surface area contributed by atoms with Crippen molar-refractivity contribution in [3.05, 3.63) is 18.2 Å². The van der Waals surface area contributed by atoms with Crippen LogP contribution in [0.5, 0.6) is 5.75 Å². The van der Waals surface area contributed by atoms with E-state index in [0.29, 0.717) is 23.7 Å².